The van der Waals surface area contributed by atoms with Crippen molar-refractivity contribution in [3.8, 4) is 11.4 Å². The quantitative estimate of drug-likeness (QED) is 0.650. The maximum absolute atomic E-state index is 13.0. The Hall–Kier alpha value is -3.28. The van der Waals surface area contributed by atoms with Gasteiger partial charge in [-0.25, -0.2) is 9.97 Å². The molecule has 0 saturated heterocycles. The van der Waals surface area contributed by atoms with Crippen LogP contribution in [0.15, 0.2) is 60.9 Å². The van der Waals surface area contributed by atoms with E-state index >= 15 is 0 Å². The molecular weight excluding hydrogens is 350 g/mol. The van der Waals surface area contributed by atoms with Crippen LogP contribution in [0.4, 0.5) is 5.82 Å². The first-order valence-corrected chi connectivity index (χ1v) is 9.50. The van der Waals surface area contributed by atoms with Crippen LogP contribution in [0.3, 0.4) is 0 Å². The highest BCUT2D eigenvalue weighted by atomic mass is 16.2. The van der Waals surface area contributed by atoms with Crippen molar-refractivity contribution in [2.45, 2.75) is 19.8 Å². The summed E-state index contributed by atoms with van der Waals surface area (Å²) in [7, 11) is 1.80. The highest BCUT2D eigenvalue weighted by molar-refractivity contribution is 5.93. The van der Waals surface area contributed by atoms with Crippen LogP contribution in [0, 0.1) is 0 Å². The van der Waals surface area contributed by atoms with Crippen molar-refractivity contribution in [2.75, 3.05) is 25.5 Å². The Morgan fingerprint density at radius 1 is 1.07 bits per heavy atom. The van der Waals surface area contributed by atoms with Crippen molar-refractivity contribution < 1.29 is 4.79 Å². The van der Waals surface area contributed by atoms with Gasteiger partial charge in [0.1, 0.15) is 11.5 Å². The molecule has 0 spiro atoms. The number of nitrogens with zero attached hydrogens (tertiary/aromatic N) is 4. The molecule has 1 amide bonds. The van der Waals surface area contributed by atoms with Gasteiger partial charge in [0.2, 0.25) is 0 Å². The largest absolute Gasteiger partial charge is 0.370 e. The van der Waals surface area contributed by atoms with Crippen LogP contribution in [0.2, 0.25) is 0 Å². The Morgan fingerprint density at radius 2 is 1.82 bits per heavy atom. The molecule has 0 radical (unpaired) electrons. The van der Waals surface area contributed by atoms with Gasteiger partial charge < -0.3 is 10.2 Å². The Morgan fingerprint density at radius 3 is 2.54 bits per heavy atom. The molecule has 1 N–H and O–H groups in total. The highest BCUT2D eigenvalue weighted by Crippen LogP contribution is 2.18. The normalized spacial score (nSPS) is 10.5. The Bertz CT molecular complexity index is 899. The molecular formula is C22H25N5O. The van der Waals surface area contributed by atoms with E-state index in [0.717, 1.165) is 30.5 Å². The van der Waals surface area contributed by atoms with Crippen LogP contribution < -0.4 is 5.32 Å². The van der Waals surface area contributed by atoms with Gasteiger partial charge in [0.25, 0.3) is 5.91 Å². The highest BCUT2D eigenvalue weighted by Gasteiger charge is 2.17. The number of likely N-dealkylation sites (N-methyl/N-ethyl adjacent to an activating group) is 1. The second kappa shape index (κ2) is 9.60. The predicted octanol–water partition coefficient (Wildman–Crippen LogP) is 3.68. The second-order valence-electron chi connectivity index (χ2n) is 6.59. The predicted molar refractivity (Wildman–Crippen MR) is 111 cm³/mol. The van der Waals surface area contributed by atoms with Crippen molar-refractivity contribution in [1.29, 1.82) is 0 Å². The summed E-state index contributed by atoms with van der Waals surface area (Å²) in [6.07, 6.45) is 5.26. The van der Waals surface area contributed by atoms with Crippen LogP contribution >= 0.6 is 0 Å². The molecule has 144 valence electrons. The monoisotopic (exact) mass is 375 g/mol. The maximum atomic E-state index is 13.0. The van der Waals surface area contributed by atoms with E-state index in [-0.39, 0.29) is 5.91 Å². The summed E-state index contributed by atoms with van der Waals surface area (Å²) in [5.74, 6) is 1.10. The van der Waals surface area contributed by atoms with Gasteiger partial charge in [-0.3, -0.25) is 9.78 Å². The number of hydrogen-bond acceptors (Lipinski definition) is 5. The average molecular weight is 375 g/mol. The van der Waals surface area contributed by atoms with Crippen molar-refractivity contribution in [1.82, 2.24) is 19.9 Å². The van der Waals surface area contributed by atoms with Crippen LogP contribution in [-0.4, -0.2) is 45.9 Å². The number of rotatable bonds is 8. The fraction of sp³-hybridized carbons (Fsp3) is 0.273. The average Bonchev–Trinajstić information content (AvgIpc) is 2.76. The molecule has 0 fully saturated rings. The topological polar surface area (TPSA) is 71.0 Å². The SMILES string of the molecule is CCCNc1cc(C(=O)N(C)CCc2ccncc2)nc(-c2ccccc2)n1. The standard InChI is InChI=1S/C22H25N5O/c1-3-12-24-20-16-19(25-21(26-20)18-7-5-4-6-8-18)22(28)27(2)15-11-17-9-13-23-14-10-17/h4-10,13-14,16H,3,11-12,15H2,1-2H3,(H,24,25,26). The van der Waals surface area contributed by atoms with E-state index in [1.807, 2.05) is 42.5 Å². The summed E-state index contributed by atoms with van der Waals surface area (Å²) in [5.41, 5.74) is 2.42. The van der Waals surface area contributed by atoms with Gasteiger partial charge in [-0.2, -0.15) is 0 Å². The zero-order valence-electron chi connectivity index (χ0n) is 16.3. The third-order valence-electron chi connectivity index (χ3n) is 4.37. The molecule has 28 heavy (non-hydrogen) atoms. The number of carbonyl (C=O) groups excluding carboxylic acids is 1. The lowest BCUT2D eigenvalue weighted by Crippen LogP contribution is -2.30. The van der Waals surface area contributed by atoms with E-state index in [4.69, 9.17) is 0 Å². The van der Waals surface area contributed by atoms with Crippen LogP contribution in [0.5, 0.6) is 0 Å². The molecule has 3 aromatic rings. The zero-order chi connectivity index (χ0) is 19.8. The third kappa shape index (κ3) is 5.13. The Labute approximate surface area is 165 Å². The molecule has 0 saturated carbocycles. The number of aromatic nitrogens is 3. The summed E-state index contributed by atoms with van der Waals surface area (Å²) in [6, 6.07) is 15.4. The van der Waals surface area contributed by atoms with E-state index in [9.17, 15) is 4.79 Å². The third-order valence-corrected chi connectivity index (χ3v) is 4.37. The van der Waals surface area contributed by atoms with Crippen molar-refractivity contribution in [3.05, 3.63) is 72.2 Å². The maximum Gasteiger partial charge on any atom is 0.272 e. The molecule has 0 atom stereocenters. The number of nitrogens with one attached hydrogen (secondary N) is 1. The van der Waals surface area contributed by atoms with Gasteiger partial charge in [-0.05, 0) is 30.5 Å². The van der Waals surface area contributed by atoms with Gasteiger partial charge >= 0.3 is 0 Å². The minimum Gasteiger partial charge on any atom is -0.370 e. The number of anilines is 1. The van der Waals surface area contributed by atoms with Crippen LogP contribution in [-0.2, 0) is 6.42 Å². The Kier molecular flexibility index (Phi) is 6.68. The first kappa shape index (κ1) is 19.5. The first-order valence-electron chi connectivity index (χ1n) is 9.50. The number of benzene rings is 1. The lowest BCUT2D eigenvalue weighted by atomic mass is 10.2. The van der Waals surface area contributed by atoms with Crippen LogP contribution in [0.25, 0.3) is 11.4 Å². The van der Waals surface area contributed by atoms with Crippen molar-refractivity contribution >= 4 is 11.7 Å². The molecule has 0 unspecified atom stereocenters. The van der Waals surface area contributed by atoms with Gasteiger partial charge in [0, 0.05) is 44.2 Å². The molecule has 2 aromatic heterocycles. The number of pyridine rings is 1. The van der Waals surface area contributed by atoms with E-state index in [0.29, 0.717) is 23.9 Å². The smallest absolute Gasteiger partial charge is 0.272 e. The van der Waals surface area contributed by atoms with Crippen molar-refractivity contribution in [3.63, 3.8) is 0 Å². The van der Waals surface area contributed by atoms with Gasteiger partial charge in [0.05, 0.1) is 0 Å². The Balaban J connectivity index is 1.81. The molecule has 0 aliphatic heterocycles. The summed E-state index contributed by atoms with van der Waals surface area (Å²) in [4.78, 5) is 27.8. The van der Waals surface area contributed by atoms with Gasteiger partial charge in [-0.1, -0.05) is 37.3 Å². The molecule has 0 aliphatic rings. The molecule has 2 heterocycles. The number of hydrogen-bond donors (Lipinski definition) is 1. The summed E-state index contributed by atoms with van der Waals surface area (Å²) < 4.78 is 0. The molecule has 3 rings (SSSR count). The zero-order valence-corrected chi connectivity index (χ0v) is 16.3. The van der Waals surface area contributed by atoms with E-state index < -0.39 is 0 Å². The lowest BCUT2D eigenvalue weighted by Gasteiger charge is -2.18. The first-order chi connectivity index (χ1) is 13.7. The minimum absolute atomic E-state index is 0.117. The fourth-order valence-electron chi connectivity index (χ4n) is 2.76. The number of amides is 1. The molecule has 1 aromatic carbocycles. The van der Waals surface area contributed by atoms with E-state index in [2.05, 4.69) is 27.2 Å². The lowest BCUT2D eigenvalue weighted by molar-refractivity contribution is 0.0791. The van der Waals surface area contributed by atoms with Crippen molar-refractivity contribution in [2.24, 2.45) is 0 Å². The second-order valence-corrected chi connectivity index (χ2v) is 6.59. The van der Waals surface area contributed by atoms with Gasteiger partial charge in [0.15, 0.2) is 5.82 Å². The number of carbonyl (C=O) groups is 1. The van der Waals surface area contributed by atoms with Gasteiger partial charge in [-0.15, -0.1) is 0 Å². The molecule has 0 bridgehead atoms. The molecule has 6 nitrogen and oxygen atoms in total. The van der Waals surface area contributed by atoms with E-state index in [1.54, 1.807) is 30.4 Å². The summed E-state index contributed by atoms with van der Waals surface area (Å²) in [6.45, 7) is 3.48. The van der Waals surface area contributed by atoms with Crippen LogP contribution in [0.1, 0.15) is 29.4 Å². The molecule has 6 heteroatoms. The molecule has 0 aliphatic carbocycles. The van der Waals surface area contributed by atoms with E-state index in [1.165, 1.54) is 0 Å². The summed E-state index contributed by atoms with van der Waals surface area (Å²) >= 11 is 0. The fourth-order valence-corrected chi connectivity index (χ4v) is 2.76. The minimum atomic E-state index is -0.117. The summed E-state index contributed by atoms with van der Waals surface area (Å²) in [5, 5.41) is 3.27.